The van der Waals surface area contributed by atoms with Crippen LogP contribution >= 0.6 is 11.3 Å². The standard InChI is InChI=1S/C19H21N5OS/c1-14-6-8-16(9-7-14)20-17(25)15-5-4-12-24(13-15)19-22-21-18(26-19)23-10-2-3-11-23/h2-3,6-11,15H,4-5,12-13H2,1H3,(H,20,25)/t15-/m1/s1. The molecule has 4 rings (SSSR count). The average molecular weight is 367 g/mol. The zero-order chi connectivity index (χ0) is 17.9. The minimum Gasteiger partial charge on any atom is -0.346 e. The van der Waals surface area contributed by atoms with Gasteiger partial charge >= 0.3 is 0 Å². The van der Waals surface area contributed by atoms with Gasteiger partial charge in [0.05, 0.1) is 5.92 Å². The van der Waals surface area contributed by atoms with Crippen LogP contribution in [0.15, 0.2) is 48.8 Å². The Hall–Kier alpha value is -2.67. The smallest absolute Gasteiger partial charge is 0.229 e. The van der Waals surface area contributed by atoms with Crippen LogP contribution in [0.1, 0.15) is 18.4 Å². The summed E-state index contributed by atoms with van der Waals surface area (Å²) in [7, 11) is 0. The minimum absolute atomic E-state index is 0.0380. The topological polar surface area (TPSA) is 63.1 Å². The van der Waals surface area contributed by atoms with E-state index >= 15 is 0 Å². The molecule has 0 unspecified atom stereocenters. The zero-order valence-electron chi connectivity index (χ0n) is 14.6. The van der Waals surface area contributed by atoms with Gasteiger partial charge in [0.2, 0.25) is 16.2 Å². The molecule has 1 amide bonds. The lowest BCUT2D eigenvalue weighted by Crippen LogP contribution is -2.40. The highest BCUT2D eigenvalue weighted by molar-refractivity contribution is 7.17. The number of rotatable bonds is 4. The van der Waals surface area contributed by atoms with Gasteiger partial charge in [0.1, 0.15) is 0 Å². The van der Waals surface area contributed by atoms with Crippen LogP contribution in [0.5, 0.6) is 0 Å². The summed E-state index contributed by atoms with van der Waals surface area (Å²) in [5.41, 5.74) is 2.03. The second-order valence-corrected chi connectivity index (χ2v) is 7.53. The van der Waals surface area contributed by atoms with E-state index in [1.54, 1.807) is 11.3 Å². The summed E-state index contributed by atoms with van der Waals surface area (Å²) in [4.78, 5) is 14.8. The Morgan fingerprint density at radius 3 is 2.65 bits per heavy atom. The summed E-state index contributed by atoms with van der Waals surface area (Å²) >= 11 is 1.55. The molecule has 6 nitrogen and oxygen atoms in total. The molecule has 1 atom stereocenters. The summed E-state index contributed by atoms with van der Waals surface area (Å²) < 4.78 is 1.95. The Balaban J connectivity index is 1.42. The number of benzene rings is 1. The second kappa shape index (κ2) is 7.29. The molecule has 1 aromatic carbocycles. The lowest BCUT2D eigenvalue weighted by atomic mass is 9.97. The van der Waals surface area contributed by atoms with E-state index < -0.39 is 0 Å². The molecule has 1 fully saturated rings. The van der Waals surface area contributed by atoms with Crippen LogP contribution < -0.4 is 10.2 Å². The van der Waals surface area contributed by atoms with Gasteiger partial charge in [-0.2, -0.15) is 0 Å². The van der Waals surface area contributed by atoms with E-state index in [4.69, 9.17) is 0 Å². The van der Waals surface area contributed by atoms with E-state index in [1.165, 1.54) is 5.56 Å². The van der Waals surface area contributed by atoms with Crippen molar-refractivity contribution in [3.05, 3.63) is 54.4 Å². The van der Waals surface area contributed by atoms with Gasteiger partial charge in [-0.05, 0) is 44.0 Å². The number of hydrogen-bond acceptors (Lipinski definition) is 5. The predicted octanol–water partition coefficient (Wildman–Crippen LogP) is 3.49. The molecule has 0 bridgehead atoms. The van der Waals surface area contributed by atoms with E-state index in [2.05, 4.69) is 20.4 Å². The van der Waals surface area contributed by atoms with Crippen molar-refractivity contribution in [2.75, 3.05) is 23.3 Å². The highest BCUT2D eigenvalue weighted by atomic mass is 32.1. The van der Waals surface area contributed by atoms with Crippen molar-refractivity contribution in [3.63, 3.8) is 0 Å². The van der Waals surface area contributed by atoms with Gasteiger partial charge in [-0.3, -0.25) is 9.36 Å². The van der Waals surface area contributed by atoms with Crippen LogP contribution in [0.25, 0.3) is 5.13 Å². The third-order valence-electron chi connectivity index (χ3n) is 4.61. The second-order valence-electron chi connectivity index (χ2n) is 6.60. The molecule has 1 N–H and O–H groups in total. The van der Waals surface area contributed by atoms with Crippen molar-refractivity contribution in [1.82, 2.24) is 14.8 Å². The fraction of sp³-hybridized carbons (Fsp3) is 0.316. The molecule has 1 saturated heterocycles. The quantitative estimate of drug-likeness (QED) is 0.767. The molecule has 3 heterocycles. The highest BCUT2D eigenvalue weighted by Crippen LogP contribution is 2.28. The Morgan fingerprint density at radius 1 is 1.15 bits per heavy atom. The molecule has 0 radical (unpaired) electrons. The fourth-order valence-electron chi connectivity index (χ4n) is 3.15. The van der Waals surface area contributed by atoms with Crippen LogP contribution in [0.3, 0.4) is 0 Å². The van der Waals surface area contributed by atoms with Gasteiger partial charge in [-0.1, -0.05) is 29.0 Å². The maximum Gasteiger partial charge on any atom is 0.229 e. The molecule has 134 valence electrons. The summed E-state index contributed by atoms with van der Waals surface area (Å²) in [6, 6.07) is 11.8. The number of hydrogen-bond donors (Lipinski definition) is 1. The van der Waals surface area contributed by atoms with Crippen molar-refractivity contribution < 1.29 is 4.79 Å². The van der Waals surface area contributed by atoms with Crippen molar-refractivity contribution in [2.45, 2.75) is 19.8 Å². The predicted molar refractivity (Wildman–Crippen MR) is 104 cm³/mol. The molecular formula is C19H21N5OS. The average Bonchev–Trinajstić information content (AvgIpc) is 3.35. The van der Waals surface area contributed by atoms with E-state index in [0.29, 0.717) is 6.54 Å². The number of aryl methyl sites for hydroxylation is 1. The molecular weight excluding hydrogens is 346 g/mol. The van der Waals surface area contributed by atoms with E-state index in [9.17, 15) is 4.79 Å². The number of piperidine rings is 1. The largest absolute Gasteiger partial charge is 0.346 e. The van der Waals surface area contributed by atoms with E-state index in [1.807, 2.05) is 60.3 Å². The summed E-state index contributed by atoms with van der Waals surface area (Å²) in [5.74, 6) is 0.0395. The van der Waals surface area contributed by atoms with Gasteiger partial charge in [0.25, 0.3) is 0 Å². The first kappa shape index (κ1) is 16.8. The number of nitrogens with one attached hydrogen (secondary N) is 1. The minimum atomic E-state index is -0.0380. The van der Waals surface area contributed by atoms with Crippen LogP contribution in [-0.4, -0.2) is 33.8 Å². The number of amides is 1. The fourth-order valence-corrected chi connectivity index (χ4v) is 4.00. The Bertz CT molecular complexity index is 872. The number of nitrogens with zero attached hydrogens (tertiary/aromatic N) is 4. The SMILES string of the molecule is Cc1ccc(NC(=O)[C@@H]2CCCN(c3nnc(-n4cccc4)s3)C2)cc1. The molecule has 26 heavy (non-hydrogen) atoms. The van der Waals surface area contributed by atoms with E-state index in [0.717, 1.165) is 35.3 Å². The Morgan fingerprint density at radius 2 is 1.88 bits per heavy atom. The van der Waals surface area contributed by atoms with Crippen LogP contribution in [-0.2, 0) is 4.79 Å². The number of aromatic nitrogens is 3. The lowest BCUT2D eigenvalue weighted by molar-refractivity contribution is -0.120. The molecule has 0 spiro atoms. The third-order valence-corrected chi connectivity index (χ3v) is 5.61. The molecule has 7 heteroatoms. The van der Waals surface area contributed by atoms with Gasteiger partial charge in [-0.15, -0.1) is 10.2 Å². The zero-order valence-corrected chi connectivity index (χ0v) is 15.4. The van der Waals surface area contributed by atoms with Gasteiger partial charge < -0.3 is 10.2 Å². The molecule has 1 aliphatic rings. The van der Waals surface area contributed by atoms with Crippen molar-refractivity contribution >= 4 is 28.1 Å². The van der Waals surface area contributed by atoms with Gasteiger partial charge in [0.15, 0.2) is 0 Å². The summed E-state index contributed by atoms with van der Waals surface area (Å²) in [5, 5.41) is 13.4. The van der Waals surface area contributed by atoms with Crippen molar-refractivity contribution in [1.29, 1.82) is 0 Å². The lowest BCUT2D eigenvalue weighted by Gasteiger charge is -2.31. The highest BCUT2D eigenvalue weighted by Gasteiger charge is 2.27. The Labute approximate surface area is 156 Å². The maximum absolute atomic E-state index is 12.6. The first-order valence-corrected chi connectivity index (χ1v) is 9.60. The molecule has 3 aromatic rings. The van der Waals surface area contributed by atoms with Gasteiger partial charge in [0, 0.05) is 31.2 Å². The third kappa shape index (κ3) is 3.62. The maximum atomic E-state index is 12.6. The van der Waals surface area contributed by atoms with Crippen LogP contribution in [0.2, 0.25) is 0 Å². The van der Waals surface area contributed by atoms with Crippen molar-refractivity contribution in [3.8, 4) is 5.13 Å². The van der Waals surface area contributed by atoms with Gasteiger partial charge in [-0.25, -0.2) is 0 Å². The normalized spacial score (nSPS) is 17.3. The summed E-state index contributed by atoms with van der Waals surface area (Å²) in [6.07, 6.45) is 5.79. The first-order chi connectivity index (χ1) is 12.7. The van der Waals surface area contributed by atoms with Crippen LogP contribution in [0.4, 0.5) is 10.8 Å². The number of carbonyl (C=O) groups excluding carboxylic acids is 1. The number of carbonyl (C=O) groups is 1. The molecule has 1 aliphatic heterocycles. The van der Waals surface area contributed by atoms with Crippen LogP contribution in [0, 0.1) is 12.8 Å². The number of anilines is 2. The monoisotopic (exact) mass is 367 g/mol. The molecule has 0 saturated carbocycles. The first-order valence-electron chi connectivity index (χ1n) is 8.78. The summed E-state index contributed by atoms with van der Waals surface area (Å²) in [6.45, 7) is 3.63. The Kier molecular flexibility index (Phi) is 4.71. The van der Waals surface area contributed by atoms with E-state index in [-0.39, 0.29) is 11.8 Å². The van der Waals surface area contributed by atoms with Crippen molar-refractivity contribution in [2.24, 2.45) is 5.92 Å². The molecule has 0 aliphatic carbocycles. The molecule has 2 aromatic heterocycles.